The lowest BCUT2D eigenvalue weighted by Crippen LogP contribution is -2.30. The number of rotatable bonds is 6. The summed E-state index contributed by atoms with van der Waals surface area (Å²) in [5.74, 6) is 0. The number of para-hydroxylation sites is 1. The molecular weight excluding hydrogens is 637 g/mol. The SMILES string of the molecule is C1=Cc2c(n(-c3cccc(-c4ccc(N(c5ccc6sc7ccccc7c6c5)C5C=CC(c6ccccc6)=CC5)cc4)c3)c3ccccc23)CC1. The van der Waals surface area contributed by atoms with Crippen LogP contribution in [0.25, 0.3) is 59.5 Å². The molecule has 0 radical (unpaired) electrons. The second kappa shape index (κ2) is 12.5. The molecule has 0 N–H and O–H groups in total. The Kier molecular flexibility index (Phi) is 7.32. The molecule has 1 unspecified atom stereocenters. The van der Waals surface area contributed by atoms with Gasteiger partial charge >= 0.3 is 0 Å². The van der Waals surface area contributed by atoms with E-state index in [1.165, 1.54) is 81.7 Å². The second-order valence-electron chi connectivity index (χ2n) is 13.6. The minimum atomic E-state index is 0.191. The van der Waals surface area contributed by atoms with Crippen LogP contribution in [0.4, 0.5) is 11.4 Å². The zero-order valence-corrected chi connectivity index (χ0v) is 29.1. The first-order valence-corrected chi connectivity index (χ1v) is 18.7. The van der Waals surface area contributed by atoms with E-state index in [2.05, 4.69) is 185 Å². The molecule has 6 aromatic carbocycles. The Hall–Kier alpha value is -5.90. The van der Waals surface area contributed by atoms with Gasteiger partial charge in [0, 0.05) is 53.9 Å². The minimum absolute atomic E-state index is 0.191. The van der Waals surface area contributed by atoms with Crippen molar-refractivity contribution in [2.75, 3.05) is 4.90 Å². The lowest BCUT2D eigenvalue weighted by Gasteiger charge is -2.33. The van der Waals surface area contributed by atoms with E-state index in [1.54, 1.807) is 0 Å². The van der Waals surface area contributed by atoms with Gasteiger partial charge in [0.05, 0.1) is 11.6 Å². The maximum atomic E-state index is 2.52. The fourth-order valence-corrected chi connectivity index (χ4v) is 9.23. The van der Waals surface area contributed by atoms with Crippen LogP contribution < -0.4 is 4.90 Å². The summed E-state index contributed by atoms with van der Waals surface area (Å²) in [6, 6.07) is 53.7. The van der Waals surface area contributed by atoms with E-state index in [-0.39, 0.29) is 6.04 Å². The summed E-state index contributed by atoms with van der Waals surface area (Å²) < 4.78 is 5.14. The number of hydrogen-bond acceptors (Lipinski definition) is 2. The van der Waals surface area contributed by atoms with E-state index < -0.39 is 0 Å². The molecule has 0 saturated heterocycles. The van der Waals surface area contributed by atoms with E-state index in [9.17, 15) is 0 Å². The maximum Gasteiger partial charge on any atom is 0.0560 e. The quantitative estimate of drug-likeness (QED) is 0.171. The number of allylic oxidation sites excluding steroid dienone is 3. The van der Waals surface area contributed by atoms with Crippen LogP contribution in [0.15, 0.2) is 170 Å². The van der Waals surface area contributed by atoms with Gasteiger partial charge in [-0.05, 0) is 96.1 Å². The molecule has 3 heteroatoms. The van der Waals surface area contributed by atoms with Gasteiger partial charge in [0.25, 0.3) is 0 Å². The van der Waals surface area contributed by atoms with Gasteiger partial charge in [-0.25, -0.2) is 0 Å². The third-order valence-corrected chi connectivity index (χ3v) is 11.7. The molecule has 2 aliphatic rings. The molecule has 244 valence electrons. The number of nitrogens with zero attached hydrogens (tertiary/aromatic N) is 2. The molecule has 10 rings (SSSR count). The predicted molar refractivity (Wildman–Crippen MR) is 219 cm³/mol. The number of hydrogen-bond donors (Lipinski definition) is 0. The number of thiophene rings is 1. The van der Waals surface area contributed by atoms with Crippen LogP contribution >= 0.6 is 11.3 Å². The number of benzene rings is 6. The Balaban J connectivity index is 1.03. The summed E-state index contributed by atoms with van der Waals surface area (Å²) in [4.78, 5) is 2.52. The molecule has 2 heterocycles. The number of anilines is 2. The Morgan fingerprint density at radius 2 is 1.35 bits per heavy atom. The van der Waals surface area contributed by atoms with E-state index >= 15 is 0 Å². The van der Waals surface area contributed by atoms with Crippen molar-refractivity contribution < 1.29 is 0 Å². The summed E-state index contributed by atoms with van der Waals surface area (Å²) in [6.45, 7) is 0. The Bertz CT molecular complexity index is 2670. The number of fused-ring (bicyclic) bond motifs is 6. The molecule has 8 aromatic rings. The summed E-state index contributed by atoms with van der Waals surface area (Å²) in [7, 11) is 0. The Morgan fingerprint density at radius 1 is 0.588 bits per heavy atom. The Labute approximate surface area is 302 Å². The Morgan fingerprint density at radius 3 is 2.22 bits per heavy atom. The molecule has 0 aliphatic heterocycles. The van der Waals surface area contributed by atoms with Crippen molar-refractivity contribution >= 4 is 65.4 Å². The highest BCUT2D eigenvalue weighted by Gasteiger charge is 2.22. The molecule has 0 fully saturated rings. The van der Waals surface area contributed by atoms with Gasteiger partial charge in [-0.2, -0.15) is 0 Å². The molecule has 0 spiro atoms. The van der Waals surface area contributed by atoms with Crippen LogP contribution in [0.5, 0.6) is 0 Å². The van der Waals surface area contributed by atoms with Crippen molar-refractivity contribution in [2.45, 2.75) is 25.3 Å². The van der Waals surface area contributed by atoms with E-state index in [0.717, 1.165) is 19.3 Å². The fourth-order valence-electron chi connectivity index (χ4n) is 8.15. The summed E-state index contributed by atoms with van der Waals surface area (Å²) in [5.41, 5.74) is 12.7. The standard InChI is InChI=1S/C48H36N2S/c1-2-11-33(12-3-1)34-21-25-37(26-22-34)49(40-29-30-48-44(32-40)43-17-6-9-20-47(43)51-48)38-27-23-35(24-28-38)36-13-10-14-39(31-36)50-45-18-7-4-15-41(45)42-16-5-8-19-46(42)50/h1-7,9-18,20-25,27-32,37H,8,19,26H2. The van der Waals surface area contributed by atoms with E-state index in [0.29, 0.717) is 0 Å². The van der Waals surface area contributed by atoms with Crippen molar-refractivity contribution in [3.63, 3.8) is 0 Å². The molecule has 2 nitrogen and oxygen atoms in total. The minimum Gasteiger partial charge on any atom is -0.334 e. The smallest absolute Gasteiger partial charge is 0.0560 e. The van der Waals surface area contributed by atoms with Crippen molar-refractivity contribution in [3.8, 4) is 16.8 Å². The fraction of sp³-hybridized carbons (Fsp3) is 0.0833. The molecule has 2 aliphatic carbocycles. The van der Waals surface area contributed by atoms with Crippen LogP contribution in [-0.2, 0) is 6.42 Å². The van der Waals surface area contributed by atoms with Gasteiger partial charge in [-0.15, -0.1) is 11.3 Å². The van der Waals surface area contributed by atoms with Gasteiger partial charge in [0.15, 0.2) is 0 Å². The average molecular weight is 673 g/mol. The molecule has 0 saturated carbocycles. The van der Waals surface area contributed by atoms with Crippen molar-refractivity contribution in [1.29, 1.82) is 0 Å². The van der Waals surface area contributed by atoms with Gasteiger partial charge < -0.3 is 9.47 Å². The van der Waals surface area contributed by atoms with Crippen LogP contribution in [0.1, 0.15) is 29.7 Å². The topological polar surface area (TPSA) is 8.17 Å². The van der Waals surface area contributed by atoms with Crippen molar-refractivity contribution in [2.24, 2.45) is 0 Å². The van der Waals surface area contributed by atoms with Crippen LogP contribution in [0.2, 0.25) is 0 Å². The lowest BCUT2D eigenvalue weighted by molar-refractivity contribution is 0.787. The zero-order valence-electron chi connectivity index (χ0n) is 28.2. The van der Waals surface area contributed by atoms with Crippen LogP contribution in [0.3, 0.4) is 0 Å². The third kappa shape index (κ3) is 5.24. The van der Waals surface area contributed by atoms with E-state index in [4.69, 9.17) is 0 Å². The molecule has 51 heavy (non-hydrogen) atoms. The molecular formula is C48H36N2S. The molecule has 0 bridgehead atoms. The first-order chi connectivity index (χ1) is 25.3. The maximum absolute atomic E-state index is 2.52. The summed E-state index contributed by atoms with van der Waals surface area (Å²) >= 11 is 1.87. The first-order valence-electron chi connectivity index (χ1n) is 17.9. The van der Waals surface area contributed by atoms with Gasteiger partial charge in [0.1, 0.15) is 0 Å². The normalized spacial score (nSPS) is 15.4. The average Bonchev–Trinajstić information content (AvgIpc) is 3.75. The second-order valence-corrected chi connectivity index (χ2v) is 14.7. The van der Waals surface area contributed by atoms with Gasteiger partial charge in [-0.3, -0.25) is 0 Å². The number of aromatic nitrogens is 1. The molecule has 2 aromatic heterocycles. The first kappa shape index (κ1) is 30.0. The van der Waals surface area contributed by atoms with Crippen molar-refractivity contribution in [1.82, 2.24) is 4.57 Å². The lowest BCUT2D eigenvalue weighted by atomic mass is 9.95. The molecule has 1 atom stereocenters. The van der Waals surface area contributed by atoms with Crippen molar-refractivity contribution in [3.05, 3.63) is 187 Å². The zero-order chi connectivity index (χ0) is 33.7. The monoisotopic (exact) mass is 672 g/mol. The highest BCUT2D eigenvalue weighted by molar-refractivity contribution is 7.25. The van der Waals surface area contributed by atoms with Gasteiger partial charge in [0.2, 0.25) is 0 Å². The summed E-state index contributed by atoms with van der Waals surface area (Å²) in [6.07, 6.45) is 14.8. The highest BCUT2D eigenvalue weighted by atomic mass is 32.1. The van der Waals surface area contributed by atoms with Crippen LogP contribution in [0, 0.1) is 0 Å². The summed E-state index contributed by atoms with van der Waals surface area (Å²) in [5, 5.41) is 3.98. The van der Waals surface area contributed by atoms with Gasteiger partial charge in [-0.1, -0.05) is 121 Å². The third-order valence-electron chi connectivity index (χ3n) is 10.6. The largest absolute Gasteiger partial charge is 0.334 e. The predicted octanol–water partition coefficient (Wildman–Crippen LogP) is 13.2. The van der Waals surface area contributed by atoms with Crippen LogP contribution in [-0.4, -0.2) is 10.6 Å². The van der Waals surface area contributed by atoms with E-state index in [1.807, 2.05) is 11.3 Å². The molecule has 0 amide bonds. The highest BCUT2D eigenvalue weighted by Crippen LogP contribution is 2.41.